The number of anilines is 1. The van der Waals surface area contributed by atoms with E-state index in [0.29, 0.717) is 33.6 Å². The summed E-state index contributed by atoms with van der Waals surface area (Å²) in [6, 6.07) is 9.60. The van der Waals surface area contributed by atoms with Crippen molar-refractivity contribution in [2.45, 2.75) is 13.0 Å². The summed E-state index contributed by atoms with van der Waals surface area (Å²) in [5.41, 5.74) is 13.3. The Morgan fingerprint density at radius 3 is 2.83 bits per heavy atom. The minimum absolute atomic E-state index is 0.180. The topological polar surface area (TPSA) is 122 Å². The number of hydrogen-bond donors (Lipinski definition) is 2. The first kappa shape index (κ1) is 18.4. The van der Waals surface area contributed by atoms with E-state index in [4.69, 9.17) is 16.2 Å². The van der Waals surface area contributed by atoms with Crippen LogP contribution in [0.5, 0.6) is 5.75 Å². The SMILES string of the molecule is CC(Oc1cc2cc(C(N)=O)ccc2nc1N)c1ncc(F)cc1-n1cccn1. The van der Waals surface area contributed by atoms with Crippen LogP contribution in [-0.4, -0.2) is 25.7 Å². The number of fused-ring (bicyclic) bond motifs is 1. The summed E-state index contributed by atoms with van der Waals surface area (Å²) in [5, 5.41) is 4.79. The van der Waals surface area contributed by atoms with Gasteiger partial charge in [-0.1, -0.05) is 0 Å². The number of nitrogen functional groups attached to an aromatic ring is 1. The number of hydrogen-bond acceptors (Lipinski definition) is 6. The van der Waals surface area contributed by atoms with Crippen LogP contribution < -0.4 is 16.2 Å². The molecule has 0 saturated carbocycles. The number of pyridine rings is 2. The van der Waals surface area contributed by atoms with Crippen LogP contribution >= 0.6 is 0 Å². The minimum atomic E-state index is -0.587. The predicted molar refractivity (Wildman–Crippen MR) is 105 cm³/mol. The highest BCUT2D eigenvalue weighted by Gasteiger charge is 2.19. The van der Waals surface area contributed by atoms with E-state index >= 15 is 0 Å². The standard InChI is InChI=1S/C20H17FN6O2/c1-11(18-16(9-14(21)10-24-18)27-6-2-5-25-27)29-17-8-13-7-12(20(23)28)3-4-15(13)26-19(17)22/h2-11H,1H3,(H2,22,26)(H2,23,28). The number of carbonyl (C=O) groups is 1. The summed E-state index contributed by atoms with van der Waals surface area (Å²) < 4.78 is 21.3. The monoisotopic (exact) mass is 392 g/mol. The number of carbonyl (C=O) groups excluding carboxylic acids is 1. The molecule has 0 aliphatic heterocycles. The summed E-state index contributed by atoms with van der Waals surface area (Å²) in [6.07, 6.45) is 3.80. The van der Waals surface area contributed by atoms with Gasteiger partial charge in [-0.15, -0.1) is 0 Å². The Bertz CT molecular complexity index is 1210. The minimum Gasteiger partial charge on any atom is -0.480 e. The van der Waals surface area contributed by atoms with Crippen molar-refractivity contribution in [3.05, 3.63) is 72.1 Å². The number of nitrogens with zero attached hydrogens (tertiary/aromatic N) is 4. The first-order valence-electron chi connectivity index (χ1n) is 8.74. The molecule has 0 fully saturated rings. The molecule has 9 heteroatoms. The second-order valence-corrected chi connectivity index (χ2v) is 6.41. The molecular formula is C20H17FN6O2. The van der Waals surface area contributed by atoms with Gasteiger partial charge in [-0.05, 0) is 37.3 Å². The number of aromatic nitrogens is 4. The number of amides is 1. The van der Waals surface area contributed by atoms with Crippen molar-refractivity contribution in [3.63, 3.8) is 0 Å². The van der Waals surface area contributed by atoms with Crippen LogP contribution in [-0.2, 0) is 0 Å². The van der Waals surface area contributed by atoms with Crippen molar-refractivity contribution < 1.29 is 13.9 Å². The number of ether oxygens (including phenoxy) is 1. The maximum absolute atomic E-state index is 13.8. The van der Waals surface area contributed by atoms with Gasteiger partial charge in [0.2, 0.25) is 5.91 Å². The zero-order chi connectivity index (χ0) is 20.5. The third kappa shape index (κ3) is 3.57. The number of primary amides is 1. The lowest BCUT2D eigenvalue weighted by Gasteiger charge is -2.18. The van der Waals surface area contributed by atoms with Gasteiger partial charge >= 0.3 is 0 Å². The molecule has 3 heterocycles. The molecule has 1 atom stereocenters. The number of nitrogens with two attached hydrogens (primary N) is 2. The summed E-state index contributed by atoms with van der Waals surface area (Å²) in [6.45, 7) is 1.76. The van der Waals surface area contributed by atoms with E-state index in [9.17, 15) is 9.18 Å². The first-order valence-corrected chi connectivity index (χ1v) is 8.74. The van der Waals surface area contributed by atoms with E-state index in [-0.39, 0.29) is 5.82 Å². The van der Waals surface area contributed by atoms with Crippen LogP contribution in [0.1, 0.15) is 29.1 Å². The van der Waals surface area contributed by atoms with E-state index in [0.717, 1.165) is 6.20 Å². The average molecular weight is 392 g/mol. The third-order valence-electron chi connectivity index (χ3n) is 4.40. The molecule has 0 aliphatic carbocycles. The van der Waals surface area contributed by atoms with E-state index in [1.807, 2.05) is 0 Å². The van der Waals surface area contributed by atoms with Crippen LogP contribution in [0, 0.1) is 5.82 Å². The fraction of sp³-hybridized carbons (Fsp3) is 0.100. The normalized spacial score (nSPS) is 12.1. The molecule has 0 aliphatic rings. The smallest absolute Gasteiger partial charge is 0.248 e. The predicted octanol–water partition coefficient (Wildman–Crippen LogP) is 2.78. The molecule has 8 nitrogen and oxygen atoms in total. The van der Waals surface area contributed by atoms with E-state index < -0.39 is 17.8 Å². The molecule has 4 rings (SSSR count). The van der Waals surface area contributed by atoms with E-state index in [1.54, 1.807) is 49.6 Å². The molecule has 1 aromatic carbocycles. The molecule has 3 aromatic heterocycles. The molecule has 0 spiro atoms. The van der Waals surface area contributed by atoms with Crippen molar-refractivity contribution >= 4 is 22.6 Å². The molecule has 0 radical (unpaired) electrons. The van der Waals surface area contributed by atoms with Crippen LogP contribution in [0.15, 0.2) is 55.0 Å². The quantitative estimate of drug-likeness (QED) is 0.538. The molecule has 146 valence electrons. The summed E-state index contributed by atoms with van der Waals surface area (Å²) in [5.74, 6) is -0.542. The van der Waals surface area contributed by atoms with Crippen LogP contribution in [0.25, 0.3) is 16.6 Å². The van der Waals surface area contributed by atoms with Crippen LogP contribution in [0.4, 0.5) is 10.2 Å². The Balaban J connectivity index is 1.72. The third-order valence-corrected chi connectivity index (χ3v) is 4.40. The highest BCUT2D eigenvalue weighted by Crippen LogP contribution is 2.31. The molecule has 4 N–H and O–H groups in total. The van der Waals surface area contributed by atoms with Crippen LogP contribution in [0.3, 0.4) is 0 Å². The summed E-state index contributed by atoms with van der Waals surface area (Å²) >= 11 is 0. The first-order chi connectivity index (χ1) is 13.9. The molecule has 4 aromatic rings. The van der Waals surface area contributed by atoms with Gasteiger partial charge in [-0.3, -0.25) is 9.78 Å². The number of benzene rings is 1. The van der Waals surface area contributed by atoms with Gasteiger partial charge < -0.3 is 16.2 Å². The summed E-state index contributed by atoms with van der Waals surface area (Å²) in [7, 11) is 0. The lowest BCUT2D eigenvalue weighted by Crippen LogP contribution is -2.13. The molecule has 29 heavy (non-hydrogen) atoms. The Kier molecular flexibility index (Phi) is 4.55. The molecule has 0 saturated heterocycles. The van der Waals surface area contributed by atoms with Crippen molar-refractivity contribution in [1.29, 1.82) is 0 Å². The van der Waals surface area contributed by atoms with Gasteiger partial charge in [0, 0.05) is 29.4 Å². The molecular weight excluding hydrogens is 375 g/mol. The van der Waals surface area contributed by atoms with E-state index in [2.05, 4.69) is 15.1 Å². The fourth-order valence-electron chi connectivity index (χ4n) is 3.01. The molecule has 1 amide bonds. The lowest BCUT2D eigenvalue weighted by molar-refractivity contribution is 0.100. The largest absolute Gasteiger partial charge is 0.480 e. The average Bonchev–Trinajstić information content (AvgIpc) is 3.22. The van der Waals surface area contributed by atoms with Crippen molar-refractivity contribution in [2.24, 2.45) is 5.73 Å². The van der Waals surface area contributed by atoms with Gasteiger partial charge in [0.25, 0.3) is 0 Å². The van der Waals surface area contributed by atoms with Crippen molar-refractivity contribution in [1.82, 2.24) is 19.7 Å². The zero-order valence-electron chi connectivity index (χ0n) is 15.4. The van der Waals surface area contributed by atoms with Gasteiger partial charge in [-0.2, -0.15) is 5.10 Å². The van der Waals surface area contributed by atoms with Gasteiger partial charge in [0.15, 0.2) is 11.6 Å². The Morgan fingerprint density at radius 2 is 2.10 bits per heavy atom. The lowest BCUT2D eigenvalue weighted by atomic mass is 10.1. The van der Waals surface area contributed by atoms with Gasteiger partial charge in [0.1, 0.15) is 17.6 Å². The Labute approximate surface area is 164 Å². The maximum atomic E-state index is 13.8. The van der Waals surface area contributed by atoms with E-state index in [1.165, 1.54) is 10.7 Å². The number of rotatable bonds is 5. The van der Waals surface area contributed by atoms with Gasteiger partial charge in [0.05, 0.1) is 17.4 Å². The molecule has 0 bridgehead atoms. The van der Waals surface area contributed by atoms with Crippen molar-refractivity contribution in [2.75, 3.05) is 5.73 Å². The zero-order valence-corrected chi connectivity index (χ0v) is 15.4. The molecule has 1 unspecified atom stereocenters. The number of halogens is 1. The second-order valence-electron chi connectivity index (χ2n) is 6.41. The fourth-order valence-corrected chi connectivity index (χ4v) is 3.01. The Hall–Kier alpha value is -4.01. The van der Waals surface area contributed by atoms with Crippen LogP contribution in [0.2, 0.25) is 0 Å². The van der Waals surface area contributed by atoms with Gasteiger partial charge in [-0.25, -0.2) is 14.1 Å². The Morgan fingerprint density at radius 1 is 1.28 bits per heavy atom. The summed E-state index contributed by atoms with van der Waals surface area (Å²) in [4.78, 5) is 19.9. The maximum Gasteiger partial charge on any atom is 0.248 e. The second kappa shape index (κ2) is 7.19. The van der Waals surface area contributed by atoms with Crippen molar-refractivity contribution in [3.8, 4) is 11.4 Å². The highest BCUT2D eigenvalue weighted by molar-refractivity contribution is 5.97. The highest BCUT2D eigenvalue weighted by atomic mass is 19.1.